The van der Waals surface area contributed by atoms with Crippen molar-refractivity contribution in [1.29, 1.82) is 0 Å². The van der Waals surface area contributed by atoms with E-state index in [-0.39, 0.29) is 12.0 Å². The second-order valence-corrected chi connectivity index (χ2v) is 9.71. The highest BCUT2D eigenvalue weighted by molar-refractivity contribution is 5.90. The van der Waals surface area contributed by atoms with Crippen LogP contribution in [0.25, 0.3) is 10.9 Å². The predicted molar refractivity (Wildman–Crippen MR) is 112 cm³/mol. The summed E-state index contributed by atoms with van der Waals surface area (Å²) >= 11 is 0. The van der Waals surface area contributed by atoms with Gasteiger partial charge in [0.1, 0.15) is 5.75 Å². The average Bonchev–Trinajstić information content (AvgIpc) is 3.05. The monoisotopic (exact) mass is 380 g/mol. The Hall–Kier alpha value is -1.97. The zero-order chi connectivity index (χ0) is 19.4. The van der Waals surface area contributed by atoms with E-state index >= 15 is 0 Å². The Kier molecular flexibility index (Phi) is 4.41. The van der Waals surface area contributed by atoms with E-state index in [9.17, 15) is 4.79 Å². The lowest BCUT2D eigenvalue weighted by Crippen LogP contribution is -2.59. The molecule has 2 aliphatic heterocycles. The number of hydrogen-bond donors (Lipinski definition) is 1. The lowest BCUT2D eigenvalue weighted by atomic mass is 9.63. The molecule has 4 bridgehead atoms. The topological polar surface area (TPSA) is 45.3 Å². The fourth-order valence-corrected chi connectivity index (χ4v) is 6.33. The first-order chi connectivity index (χ1) is 13.5. The molecule has 1 amide bonds. The van der Waals surface area contributed by atoms with Gasteiger partial charge in [-0.15, -0.1) is 0 Å². The second kappa shape index (κ2) is 6.82. The first-order valence-corrected chi connectivity index (χ1v) is 11.1. The van der Waals surface area contributed by atoms with Crippen LogP contribution in [0.2, 0.25) is 0 Å². The molecule has 28 heavy (non-hydrogen) atoms. The molecule has 2 aliphatic carbocycles. The number of piperidine rings is 2. The Labute approximate surface area is 167 Å². The number of nitrogens with zero attached hydrogens (tertiary/aromatic N) is 1. The molecule has 1 unspecified atom stereocenters. The number of carbonyl (C=O) groups is 1. The summed E-state index contributed by atoms with van der Waals surface area (Å²) in [6, 6.07) is 7.17. The summed E-state index contributed by atoms with van der Waals surface area (Å²) in [7, 11) is 0. The Bertz CT molecular complexity index is 856. The number of aromatic nitrogens is 1. The molecular weight excluding hydrogens is 348 g/mol. The third kappa shape index (κ3) is 3.01. The van der Waals surface area contributed by atoms with Crippen molar-refractivity contribution in [3.05, 3.63) is 30.0 Å². The van der Waals surface area contributed by atoms with E-state index in [4.69, 9.17) is 4.74 Å². The molecular formula is C24H32N2O2. The largest absolute Gasteiger partial charge is 0.490 e. The van der Waals surface area contributed by atoms with Crippen molar-refractivity contribution < 1.29 is 9.53 Å². The zero-order valence-corrected chi connectivity index (χ0v) is 17.3. The third-order valence-electron chi connectivity index (χ3n) is 7.24. The maximum Gasteiger partial charge on any atom is 0.223 e. The Morgan fingerprint density at radius 2 is 1.79 bits per heavy atom. The van der Waals surface area contributed by atoms with Crippen LogP contribution < -0.4 is 4.74 Å². The molecule has 1 atom stereocenters. The summed E-state index contributed by atoms with van der Waals surface area (Å²) in [6.07, 6.45) is 9.18. The molecule has 3 heterocycles. The molecule has 1 aromatic carbocycles. The molecule has 150 valence electrons. The molecule has 6 rings (SSSR count). The minimum atomic E-state index is 0.129. The Morgan fingerprint density at radius 1 is 1.11 bits per heavy atom. The number of rotatable bonds is 5. The van der Waals surface area contributed by atoms with E-state index < -0.39 is 0 Å². The van der Waals surface area contributed by atoms with Crippen LogP contribution in [0.5, 0.6) is 5.75 Å². The number of amides is 1. The third-order valence-corrected chi connectivity index (χ3v) is 7.24. The smallest absolute Gasteiger partial charge is 0.223 e. The van der Waals surface area contributed by atoms with Gasteiger partial charge in [0, 0.05) is 35.6 Å². The molecule has 0 radical (unpaired) electrons. The molecule has 0 spiro atoms. The van der Waals surface area contributed by atoms with Crippen molar-refractivity contribution in [1.82, 2.24) is 9.88 Å². The fraction of sp³-hybridized carbons (Fsp3) is 0.625. The summed E-state index contributed by atoms with van der Waals surface area (Å²) < 4.78 is 6.06. The first kappa shape index (κ1) is 18.1. The lowest BCUT2D eigenvalue weighted by Gasteiger charge is -2.56. The van der Waals surface area contributed by atoms with Gasteiger partial charge in [-0.3, -0.25) is 4.79 Å². The molecule has 2 saturated heterocycles. The van der Waals surface area contributed by atoms with Crippen LogP contribution in [-0.4, -0.2) is 34.0 Å². The highest BCUT2D eigenvalue weighted by Gasteiger charge is 2.48. The molecule has 2 saturated carbocycles. The number of carbonyl (C=O) groups excluding carboxylic acids is 1. The van der Waals surface area contributed by atoms with Crippen LogP contribution in [0.4, 0.5) is 0 Å². The van der Waals surface area contributed by atoms with Gasteiger partial charge in [0.05, 0.1) is 6.10 Å². The number of ether oxygens (including phenoxy) is 1. The van der Waals surface area contributed by atoms with E-state index in [2.05, 4.69) is 42.9 Å². The van der Waals surface area contributed by atoms with Crippen molar-refractivity contribution >= 4 is 16.8 Å². The summed E-state index contributed by atoms with van der Waals surface area (Å²) in [5.41, 5.74) is 2.28. The van der Waals surface area contributed by atoms with Crippen molar-refractivity contribution in [3.8, 4) is 5.75 Å². The molecule has 1 aromatic heterocycles. The summed E-state index contributed by atoms with van der Waals surface area (Å²) in [4.78, 5) is 19.0. The van der Waals surface area contributed by atoms with Gasteiger partial charge in [0.2, 0.25) is 5.91 Å². The normalized spacial score (nSPS) is 29.6. The lowest BCUT2D eigenvalue weighted by molar-refractivity contribution is -0.149. The Balaban J connectivity index is 1.37. The van der Waals surface area contributed by atoms with Gasteiger partial charge in [-0.25, -0.2) is 0 Å². The van der Waals surface area contributed by atoms with Gasteiger partial charge in [0.15, 0.2) is 0 Å². The standard InChI is InChI=1S/C24H32N2O2/c1-14(2)28-22-6-4-5-21-24(22)20(13-25-21)15(3)7-23(27)26-18-9-16-8-17(11-18)12-19(26)10-16/h4-6,13-19,25H,7-12H2,1-3H3. The summed E-state index contributed by atoms with van der Waals surface area (Å²) in [5, 5.41) is 1.14. The van der Waals surface area contributed by atoms with E-state index in [1.807, 2.05) is 12.1 Å². The molecule has 2 aromatic rings. The van der Waals surface area contributed by atoms with Crippen LogP contribution in [0.3, 0.4) is 0 Å². The fourth-order valence-electron chi connectivity index (χ4n) is 6.33. The number of hydrogen-bond acceptors (Lipinski definition) is 2. The second-order valence-electron chi connectivity index (χ2n) is 9.71. The molecule has 4 aliphatic rings. The first-order valence-electron chi connectivity index (χ1n) is 11.1. The van der Waals surface area contributed by atoms with E-state index in [1.165, 1.54) is 37.7 Å². The summed E-state index contributed by atoms with van der Waals surface area (Å²) in [6.45, 7) is 6.29. The van der Waals surface area contributed by atoms with Crippen molar-refractivity contribution in [2.45, 2.75) is 83.4 Å². The zero-order valence-electron chi connectivity index (χ0n) is 17.3. The van der Waals surface area contributed by atoms with Crippen LogP contribution in [0, 0.1) is 11.8 Å². The van der Waals surface area contributed by atoms with Crippen molar-refractivity contribution in [2.75, 3.05) is 0 Å². The molecule has 4 heteroatoms. The van der Waals surface area contributed by atoms with Gasteiger partial charge >= 0.3 is 0 Å². The quantitative estimate of drug-likeness (QED) is 0.771. The van der Waals surface area contributed by atoms with Crippen LogP contribution in [0.1, 0.15) is 70.8 Å². The minimum Gasteiger partial charge on any atom is -0.490 e. The summed E-state index contributed by atoms with van der Waals surface area (Å²) in [5.74, 6) is 3.22. The maximum absolute atomic E-state index is 13.3. The van der Waals surface area contributed by atoms with E-state index in [1.54, 1.807) is 0 Å². The van der Waals surface area contributed by atoms with Gasteiger partial charge in [-0.2, -0.15) is 0 Å². The molecule has 1 N–H and O–H groups in total. The van der Waals surface area contributed by atoms with Crippen LogP contribution in [0.15, 0.2) is 24.4 Å². The van der Waals surface area contributed by atoms with Crippen molar-refractivity contribution in [3.63, 3.8) is 0 Å². The van der Waals surface area contributed by atoms with Crippen LogP contribution in [-0.2, 0) is 4.79 Å². The van der Waals surface area contributed by atoms with Gasteiger partial charge in [-0.05, 0) is 81.4 Å². The van der Waals surface area contributed by atoms with Gasteiger partial charge in [0.25, 0.3) is 0 Å². The van der Waals surface area contributed by atoms with Crippen molar-refractivity contribution in [2.24, 2.45) is 11.8 Å². The van der Waals surface area contributed by atoms with Crippen LogP contribution >= 0.6 is 0 Å². The number of fused-ring (bicyclic) bond motifs is 1. The average molecular weight is 381 g/mol. The number of aromatic amines is 1. The van der Waals surface area contributed by atoms with Gasteiger partial charge in [-0.1, -0.05) is 13.0 Å². The number of H-pyrrole nitrogens is 1. The number of nitrogens with one attached hydrogen (secondary N) is 1. The van der Waals surface area contributed by atoms with E-state index in [0.29, 0.717) is 24.4 Å². The van der Waals surface area contributed by atoms with E-state index in [0.717, 1.165) is 28.5 Å². The maximum atomic E-state index is 13.3. The highest BCUT2D eigenvalue weighted by Crippen LogP contribution is 2.49. The van der Waals surface area contributed by atoms with Gasteiger partial charge < -0.3 is 14.6 Å². The predicted octanol–water partition coefficient (Wildman–Crippen LogP) is 5.24. The molecule has 4 nitrogen and oxygen atoms in total. The highest BCUT2D eigenvalue weighted by atomic mass is 16.5. The minimum absolute atomic E-state index is 0.129. The Morgan fingerprint density at radius 3 is 2.43 bits per heavy atom. The molecule has 4 fully saturated rings. The number of benzene rings is 1. The SMILES string of the molecule is CC(C)Oc1cccc2[nH]cc(C(C)CC(=O)N3C4CC5CC(C4)CC3C5)c12.